The topological polar surface area (TPSA) is 38.3 Å². The molecule has 4 heteroatoms. The number of alkyl carbamates (subject to hydrolysis) is 1. The van der Waals surface area contributed by atoms with Crippen LogP contribution in [0.1, 0.15) is 24.8 Å². The van der Waals surface area contributed by atoms with Gasteiger partial charge in [0.15, 0.2) is 0 Å². The molecule has 96 valence electrons. The van der Waals surface area contributed by atoms with Crippen LogP contribution in [0.25, 0.3) is 0 Å². The molecule has 0 radical (unpaired) electrons. The minimum atomic E-state index is -0.445. The summed E-state index contributed by atoms with van der Waals surface area (Å²) >= 11 is 0. The van der Waals surface area contributed by atoms with Crippen molar-refractivity contribution < 1.29 is 13.9 Å². The highest BCUT2D eigenvalue weighted by Crippen LogP contribution is 2.18. The molecule has 0 saturated heterocycles. The number of nitrogens with one attached hydrogen (secondary N) is 1. The third kappa shape index (κ3) is 3.87. The van der Waals surface area contributed by atoms with Crippen LogP contribution in [-0.2, 0) is 11.3 Å². The fourth-order valence-electron chi connectivity index (χ4n) is 1.86. The summed E-state index contributed by atoms with van der Waals surface area (Å²) in [5.41, 5.74) is 0.947. The zero-order valence-corrected chi connectivity index (χ0v) is 10.1. The van der Waals surface area contributed by atoms with E-state index in [1.165, 1.54) is 6.08 Å². The predicted octanol–water partition coefficient (Wildman–Crippen LogP) is 3.32. The first-order valence-corrected chi connectivity index (χ1v) is 6.06. The van der Waals surface area contributed by atoms with E-state index in [0.29, 0.717) is 19.3 Å². The maximum atomic E-state index is 12.8. The van der Waals surface area contributed by atoms with E-state index in [0.717, 1.165) is 5.56 Å². The van der Waals surface area contributed by atoms with Gasteiger partial charge in [-0.25, -0.2) is 9.18 Å². The van der Waals surface area contributed by atoms with Gasteiger partial charge in [-0.2, -0.15) is 0 Å². The Bertz CT molecular complexity index is 431. The zero-order chi connectivity index (χ0) is 12.8. The summed E-state index contributed by atoms with van der Waals surface area (Å²) < 4.78 is 17.9. The van der Waals surface area contributed by atoms with E-state index in [1.54, 1.807) is 0 Å². The van der Waals surface area contributed by atoms with Gasteiger partial charge in [-0.05, 0) is 18.4 Å². The Morgan fingerprint density at radius 2 is 2.17 bits per heavy atom. The third-order valence-electron chi connectivity index (χ3n) is 2.89. The molecule has 1 N–H and O–H groups in total. The molecule has 1 amide bonds. The van der Waals surface area contributed by atoms with Crippen LogP contribution >= 0.6 is 0 Å². The van der Waals surface area contributed by atoms with Crippen molar-refractivity contribution in [2.45, 2.75) is 31.9 Å². The summed E-state index contributed by atoms with van der Waals surface area (Å²) in [7, 11) is 0. The van der Waals surface area contributed by atoms with Gasteiger partial charge >= 0.3 is 6.09 Å². The van der Waals surface area contributed by atoms with Gasteiger partial charge in [0, 0.05) is 12.5 Å². The Kier molecular flexibility index (Phi) is 4.34. The van der Waals surface area contributed by atoms with E-state index in [-0.39, 0.29) is 18.5 Å². The largest absolute Gasteiger partial charge is 0.445 e. The second-order valence-electron chi connectivity index (χ2n) is 4.33. The van der Waals surface area contributed by atoms with Gasteiger partial charge in [0.05, 0.1) is 5.83 Å². The van der Waals surface area contributed by atoms with Gasteiger partial charge in [0.2, 0.25) is 0 Å². The number of carbonyl (C=O) groups is 1. The van der Waals surface area contributed by atoms with E-state index in [1.807, 2.05) is 30.3 Å². The quantitative estimate of drug-likeness (QED) is 0.892. The van der Waals surface area contributed by atoms with Gasteiger partial charge in [-0.15, -0.1) is 0 Å². The number of halogens is 1. The molecule has 1 aliphatic rings. The zero-order valence-electron chi connectivity index (χ0n) is 10.1. The van der Waals surface area contributed by atoms with Crippen LogP contribution in [0.5, 0.6) is 0 Å². The van der Waals surface area contributed by atoms with Crippen molar-refractivity contribution >= 4 is 6.09 Å². The predicted molar refractivity (Wildman–Crippen MR) is 66.6 cm³/mol. The summed E-state index contributed by atoms with van der Waals surface area (Å²) in [6.07, 6.45) is 2.63. The Balaban J connectivity index is 1.73. The molecule has 1 unspecified atom stereocenters. The molecule has 0 heterocycles. The number of allylic oxidation sites excluding steroid dienone is 1. The summed E-state index contributed by atoms with van der Waals surface area (Å²) in [5, 5.41) is 2.74. The average Bonchev–Trinajstić information content (AvgIpc) is 2.40. The molecule has 1 aromatic rings. The standard InChI is InChI=1S/C14H16FNO2/c15-12-6-8-13(9-7-12)16-14(17)18-10-11-4-2-1-3-5-11/h1-6,13H,7-10H2,(H,16,17). The second kappa shape index (κ2) is 6.19. The number of hydrogen-bond acceptors (Lipinski definition) is 2. The molecule has 2 rings (SSSR count). The normalized spacial score (nSPS) is 18.9. The fourth-order valence-corrected chi connectivity index (χ4v) is 1.86. The molecule has 0 aromatic heterocycles. The van der Waals surface area contributed by atoms with Gasteiger partial charge in [0.1, 0.15) is 6.61 Å². The van der Waals surface area contributed by atoms with E-state index in [2.05, 4.69) is 5.32 Å². The SMILES string of the molecule is O=C(NC1CC=C(F)CC1)OCc1ccccc1. The molecule has 0 spiro atoms. The average molecular weight is 249 g/mol. The summed E-state index contributed by atoms with van der Waals surface area (Å²) in [6.45, 7) is 0.254. The molecule has 0 aliphatic heterocycles. The van der Waals surface area contributed by atoms with Crippen LogP contribution in [0.4, 0.5) is 9.18 Å². The van der Waals surface area contributed by atoms with Crippen LogP contribution in [0.3, 0.4) is 0 Å². The van der Waals surface area contributed by atoms with Crippen molar-refractivity contribution in [2.75, 3.05) is 0 Å². The number of rotatable bonds is 3. The van der Waals surface area contributed by atoms with Crippen molar-refractivity contribution in [3.05, 3.63) is 47.8 Å². The second-order valence-corrected chi connectivity index (χ2v) is 4.33. The van der Waals surface area contributed by atoms with Crippen molar-refractivity contribution in [1.82, 2.24) is 5.32 Å². The molecule has 1 aliphatic carbocycles. The lowest BCUT2D eigenvalue weighted by molar-refractivity contribution is 0.134. The summed E-state index contributed by atoms with van der Waals surface area (Å²) in [5.74, 6) is -0.0919. The lowest BCUT2D eigenvalue weighted by atomic mass is 10.0. The minimum absolute atomic E-state index is 0.0206. The molecule has 1 atom stereocenters. The number of ether oxygens (including phenoxy) is 1. The summed E-state index contributed by atoms with van der Waals surface area (Å²) in [6, 6.07) is 9.47. The minimum Gasteiger partial charge on any atom is -0.445 e. The first-order chi connectivity index (χ1) is 8.74. The number of amides is 1. The molecular formula is C14H16FNO2. The fraction of sp³-hybridized carbons (Fsp3) is 0.357. The van der Waals surface area contributed by atoms with E-state index in [4.69, 9.17) is 4.74 Å². The molecule has 0 bridgehead atoms. The highest BCUT2D eigenvalue weighted by molar-refractivity contribution is 5.67. The first kappa shape index (κ1) is 12.6. The Morgan fingerprint density at radius 1 is 1.39 bits per heavy atom. The molecular weight excluding hydrogens is 233 g/mol. The smallest absolute Gasteiger partial charge is 0.407 e. The highest BCUT2D eigenvalue weighted by atomic mass is 19.1. The molecule has 0 fully saturated rings. The Morgan fingerprint density at radius 3 is 2.83 bits per heavy atom. The van der Waals surface area contributed by atoms with Crippen LogP contribution < -0.4 is 5.32 Å². The lowest BCUT2D eigenvalue weighted by Crippen LogP contribution is -2.35. The van der Waals surface area contributed by atoms with Gasteiger partial charge in [-0.1, -0.05) is 36.4 Å². The van der Waals surface area contributed by atoms with Crippen molar-refractivity contribution in [3.63, 3.8) is 0 Å². The third-order valence-corrected chi connectivity index (χ3v) is 2.89. The number of benzene rings is 1. The van der Waals surface area contributed by atoms with Gasteiger partial charge in [0.25, 0.3) is 0 Å². The molecule has 1 aromatic carbocycles. The maximum Gasteiger partial charge on any atom is 0.407 e. The molecule has 18 heavy (non-hydrogen) atoms. The van der Waals surface area contributed by atoms with Gasteiger partial charge in [-0.3, -0.25) is 0 Å². The van der Waals surface area contributed by atoms with Gasteiger partial charge < -0.3 is 10.1 Å². The first-order valence-electron chi connectivity index (χ1n) is 6.06. The molecule has 3 nitrogen and oxygen atoms in total. The Labute approximate surface area is 106 Å². The van der Waals surface area contributed by atoms with E-state index >= 15 is 0 Å². The van der Waals surface area contributed by atoms with E-state index < -0.39 is 6.09 Å². The van der Waals surface area contributed by atoms with E-state index in [9.17, 15) is 9.18 Å². The van der Waals surface area contributed by atoms with Crippen LogP contribution in [-0.4, -0.2) is 12.1 Å². The summed E-state index contributed by atoms with van der Waals surface area (Å²) in [4.78, 5) is 11.5. The maximum absolute atomic E-state index is 12.8. The number of carbonyl (C=O) groups excluding carboxylic acids is 1. The monoisotopic (exact) mass is 249 g/mol. The lowest BCUT2D eigenvalue weighted by Gasteiger charge is -2.19. The van der Waals surface area contributed by atoms with Crippen molar-refractivity contribution in [2.24, 2.45) is 0 Å². The van der Waals surface area contributed by atoms with Crippen molar-refractivity contribution in [1.29, 1.82) is 0 Å². The molecule has 0 saturated carbocycles. The highest BCUT2D eigenvalue weighted by Gasteiger charge is 2.16. The van der Waals surface area contributed by atoms with Crippen LogP contribution in [0.2, 0.25) is 0 Å². The van der Waals surface area contributed by atoms with Crippen LogP contribution in [0, 0.1) is 0 Å². The van der Waals surface area contributed by atoms with Crippen molar-refractivity contribution in [3.8, 4) is 0 Å². The van der Waals surface area contributed by atoms with Crippen LogP contribution in [0.15, 0.2) is 42.2 Å². The Hall–Kier alpha value is -1.84. The number of hydrogen-bond donors (Lipinski definition) is 1.